The van der Waals surface area contributed by atoms with Crippen molar-refractivity contribution in [3.63, 3.8) is 0 Å². The number of piperidine rings is 1. The van der Waals surface area contributed by atoms with Gasteiger partial charge in [-0.1, -0.05) is 13.8 Å². The Bertz CT molecular complexity index is 799. The van der Waals surface area contributed by atoms with Gasteiger partial charge in [0.1, 0.15) is 12.1 Å². The van der Waals surface area contributed by atoms with Gasteiger partial charge in [-0.05, 0) is 67.5 Å². The molecule has 172 valence electrons. The predicted molar refractivity (Wildman–Crippen MR) is 111 cm³/mol. The summed E-state index contributed by atoms with van der Waals surface area (Å²) in [6.07, 6.45) is 5.03. The molecule has 0 radical (unpaired) electrons. The van der Waals surface area contributed by atoms with Crippen LogP contribution < -0.4 is 5.32 Å². The van der Waals surface area contributed by atoms with Crippen molar-refractivity contribution in [3.8, 4) is 0 Å². The maximum atomic E-state index is 11.9. The van der Waals surface area contributed by atoms with E-state index in [0.717, 1.165) is 38.8 Å². The van der Waals surface area contributed by atoms with Crippen molar-refractivity contribution >= 4 is 11.9 Å². The van der Waals surface area contributed by atoms with Crippen LogP contribution in [0.15, 0.2) is 0 Å². The van der Waals surface area contributed by atoms with Crippen LogP contribution in [0, 0.1) is 23.7 Å². The highest BCUT2D eigenvalue weighted by molar-refractivity contribution is 5.74. The van der Waals surface area contributed by atoms with E-state index in [2.05, 4.69) is 39.5 Å². The maximum Gasteiger partial charge on any atom is 0.321 e. The molecule has 0 aromatic carbocycles. The number of likely N-dealkylation sites (tertiary alicyclic amines) is 1. The molecule has 2 saturated heterocycles. The smallest absolute Gasteiger partial charge is 0.321 e. The minimum Gasteiger partial charge on any atom is -0.480 e. The molecule has 3 heterocycles. The molecule has 0 bridgehead atoms. The number of fused-ring (bicyclic) bond motifs is 1. The highest BCUT2D eigenvalue weighted by atomic mass is 16.4. The van der Waals surface area contributed by atoms with Crippen LogP contribution in [0.25, 0.3) is 0 Å². The Balaban J connectivity index is 1.38. The van der Waals surface area contributed by atoms with E-state index >= 15 is 0 Å². The minimum atomic E-state index is -0.800. The fourth-order valence-electron chi connectivity index (χ4n) is 5.71. The zero-order chi connectivity index (χ0) is 22.1. The first kappa shape index (κ1) is 22.1. The molecule has 0 unspecified atom stereocenters. The number of carbonyl (C=O) groups is 2. The molecule has 10 heteroatoms. The molecule has 0 spiro atoms. The summed E-state index contributed by atoms with van der Waals surface area (Å²) < 4.78 is 0. The highest BCUT2D eigenvalue weighted by Gasteiger charge is 2.42. The second-order valence-corrected chi connectivity index (χ2v) is 10.1. The van der Waals surface area contributed by atoms with E-state index in [0.29, 0.717) is 48.9 Å². The Morgan fingerprint density at radius 3 is 2.65 bits per heavy atom. The van der Waals surface area contributed by atoms with Crippen molar-refractivity contribution in [1.82, 2.24) is 30.4 Å². The van der Waals surface area contributed by atoms with Crippen LogP contribution in [0.2, 0.25) is 0 Å². The summed E-state index contributed by atoms with van der Waals surface area (Å²) in [6.45, 7) is 6.32. The average Bonchev–Trinajstić information content (AvgIpc) is 3.34. The topological polar surface area (TPSA) is 133 Å². The van der Waals surface area contributed by atoms with Crippen molar-refractivity contribution in [3.05, 3.63) is 5.82 Å². The Labute approximate surface area is 182 Å². The van der Waals surface area contributed by atoms with Crippen molar-refractivity contribution in [1.29, 1.82) is 0 Å². The van der Waals surface area contributed by atoms with Gasteiger partial charge in [0.2, 0.25) is 0 Å². The molecule has 1 aromatic heterocycles. The molecule has 3 aliphatic rings. The van der Waals surface area contributed by atoms with Crippen LogP contribution in [-0.4, -0.2) is 79.0 Å². The number of nitrogens with one attached hydrogen (secondary N) is 1. The lowest BCUT2D eigenvalue weighted by Crippen LogP contribution is -2.50. The summed E-state index contributed by atoms with van der Waals surface area (Å²) in [5.41, 5.74) is 0. The van der Waals surface area contributed by atoms with Crippen LogP contribution in [0.1, 0.15) is 57.8 Å². The largest absolute Gasteiger partial charge is 0.480 e. The summed E-state index contributed by atoms with van der Waals surface area (Å²) in [6, 6.07) is -1.08. The van der Waals surface area contributed by atoms with Crippen LogP contribution >= 0.6 is 0 Å². The molecule has 1 aliphatic carbocycles. The molecule has 2 aliphatic heterocycles. The van der Waals surface area contributed by atoms with Gasteiger partial charge in [-0.15, -0.1) is 10.2 Å². The zero-order valence-corrected chi connectivity index (χ0v) is 18.4. The Morgan fingerprint density at radius 1 is 1.13 bits per heavy atom. The zero-order valence-electron chi connectivity index (χ0n) is 18.4. The van der Waals surface area contributed by atoms with E-state index in [1.165, 1.54) is 0 Å². The number of hydrogen-bond acceptors (Lipinski definition) is 7. The van der Waals surface area contributed by atoms with Gasteiger partial charge < -0.3 is 15.5 Å². The molecule has 3 N–H and O–H groups in total. The van der Waals surface area contributed by atoms with Crippen molar-refractivity contribution in [2.45, 2.75) is 70.5 Å². The normalized spacial score (nSPS) is 34.0. The van der Waals surface area contributed by atoms with Gasteiger partial charge in [0.25, 0.3) is 0 Å². The molecule has 3 fully saturated rings. The van der Waals surface area contributed by atoms with Crippen LogP contribution in [-0.2, 0) is 16.0 Å². The van der Waals surface area contributed by atoms with Gasteiger partial charge in [0, 0.05) is 19.5 Å². The van der Waals surface area contributed by atoms with Gasteiger partial charge >= 0.3 is 11.9 Å². The van der Waals surface area contributed by atoms with E-state index in [4.69, 9.17) is 0 Å². The van der Waals surface area contributed by atoms with Gasteiger partial charge in [0.05, 0.1) is 6.04 Å². The number of tetrazole rings is 1. The second kappa shape index (κ2) is 9.20. The molecular weight excluding hydrogens is 400 g/mol. The monoisotopic (exact) mass is 434 g/mol. The lowest BCUT2D eigenvalue weighted by Gasteiger charge is -2.42. The van der Waals surface area contributed by atoms with Gasteiger partial charge in [-0.3, -0.25) is 14.5 Å². The van der Waals surface area contributed by atoms with E-state index in [9.17, 15) is 19.8 Å². The fraction of sp³-hybridized carbons (Fsp3) is 0.857. The maximum absolute atomic E-state index is 11.9. The summed E-state index contributed by atoms with van der Waals surface area (Å²) in [5, 5.41) is 35.1. The van der Waals surface area contributed by atoms with Crippen molar-refractivity contribution in [2.24, 2.45) is 23.7 Å². The molecule has 0 amide bonds. The Kier molecular flexibility index (Phi) is 6.57. The number of aromatic nitrogens is 4. The summed E-state index contributed by atoms with van der Waals surface area (Å²) in [5.74, 6) is 0.908. The van der Waals surface area contributed by atoms with Gasteiger partial charge in [-0.25, -0.2) is 0 Å². The molecule has 1 aromatic rings. The SMILES string of the molecule is CC(C)Cc1nnn([C@H]2C[C@@H](C(=O)O)N(C[C@H]3CC[C@H]4CN[C@H](C(=O)O)C[C@H]4C3)C2)n1. The standard InChI is InChI=1S/C21H34N6O4/c1-12(2)5-19-23-25-27(24-19)16-8-18(21(30)31)26(11-16)10-13-3-4-14-9-22-17(20(28)29)7-15(14)6-13/h12-18,22H,3-11H2,1-2H3,(H,28,29)(H,30,31)/t13-,14-,15+,16-,17-,18-/m0/s1. The minimum absolute atomic E-state index is 0.0823. The lowest BCUT2D eigenvalue weighted by molar-refractivity contribution is -0.143. The third-order valence-electron chi connectivity index (χ3n) is 7.26. The second-order valence-electron chi connectivity index (χ2n) is 10.1. The van der Waals surface area contributed by atoms with Gasteiger partial charge in [0.15, 0.2) is 5.82 Å². The quantitative estimate of drug-likeness (QED) is 0.576. The number of carboxylic acids is 2. The van der Waals surface area contributed by atoms with Crippen molar-refractivity contribution in [2.75, 3.05) is 19.6 Å². The molecule has 6 atom stereocenters. The van der Waals surface area contributed by atoms with E-state index in [1.807, 2.05) is 0 Å². The van der Waals surface area contributed by atoms with Gasteiger partial charge in [-0.2, -0.15) is 4.80 Å². The Morgan fingerprint density at radius 2 is 1.94 bits per heavy atom. The number of carboxylic acid groups (broad SMARTS) is 2. The third-order valence-corrected chi connectivity index (χ3v) is 7.26. The highest BCUT2D eigenvalue weighted by Crippen LogP contribution is 2.40. The van der Waals surface area contributed by atoms with Crippen LogP contribution in [0.4, 0.5) is 0 Å². The number of aliphatic carboxylic acids is 2. The Hall–Kier alpha value is -2.07. The average molecular weight is 435 g/mol. The summed E-state index contributed by atoms with van der Waals surface area (Å²) in [4.78, 5) is 27.0. The molecule has 10 nitrogen and oxygen atoms in total. The van der Waals surface area contributed by atoms with E-state index in [-0.39, 0.29) is 6.04 Å². The molecule has 4 rings (SSSR count). The lowest BCUT2D eigenvalue weighted by atomic mass is 9.69. The summed E-state index contributed by atoms with van der Waals surface area (Å²) in [7, 11) is 0. The number of rotatable bonds is 7. The predicted octanol–water partition coefficient (Wildman–Crippen LogP) is 1.05. The van der Waals surface area contributed by atoms with Crippen molar-refractivity contribution < 1.29 is 19.8 Å². The van der Waals surface area contributed by atoms with Crippen LogP contribution in [0.3, 0.4) is 0 Å². The first-order chi connectivity index (χ1) is 14.8. The number of hydrogen-bond donors (Lipinski definition) is 3. The first-order valence-electron chi connectivity index (χ1n) is 11.5. The molecule has 31 heavy (non-hydrogen) atoms. The number of nitrogens with zero attached hydrogens (tertiary/aromatic N) is 5. The third kappa shape index (κ3) is 5.06. The van der Waals surface area contributed by atoms with E-state index in [1.54, 1.807) is 4.80 Å². The fourth-order valence-corrected chi connectivity index (χ4v) is 5.71. The van der Waals surface area contributed by atoms with Crippen LogP contribution in [0.5, 0.6) is 0 Å². The molecular formula is C21H34N6O4. The van der Waals surface area contributed by atoms with E-state index < -0.39 is 24.0 Å². The molecule has 1 saturated carbocycles. The first-order valence-corrected chi connectivity index (χ1v) is 11.5. The summed E-state index contributed by atoms with van der Waals surface area (Å²) >= 11 is 0.